The van der Waals surface area contributed by atoms with E-state index in [2.05, 4.69) is 25.4 Å². The molecule has 2 aromatic carbocycles. The Kier molecular flexibility index (Phi) is 4.36. The van der Waals surface area contributed by atoms with Gasteiger partial charge in [-0.15, -0.1) is 5.10 Å². The maximum atomic E-state index is 13.7. The monoisotopic (exact) mass is 400 g/mol. The van der Waals surface area contributed by atoms with Crippen LogP contribution in [-0.2, 0) is 0 Å². The van der Waals surface area contributed by atoms with Crippen LogP contribution in [0.25, 0.3) is 28.4 Å². The molecule has 0 saturated carbocycles. The molecule has 6 nitrogen and oxygen atoms in total. The summed E-state index contributed by atoms with van der Waals surface area (Å²) in [5, 5.41) is 7.61. The standard InChI is InChI=1S/C22H14F2N6/c23-17-9-8-16(11-18(17)24)26-20-12-19(14-5-2-1-3-6-14)27-22-28-21(29-30(20)22)15-7-4-10-25-13-15/h1-13,26H. The SMILES string of the molecule is Fc1ccc(Nc2cc(-c3ccccc3)nc3nc(-c4cccnc4)nn23)cc1F. The fourth-order valence-electron chi connectivity index (χ4n) is 3.05. The first-order valence-corrected chi connectivity index (χ1v) is 9.13. The van der Waals surface area contributed by atoms with E-state index in [1.807, 2.05) is 36.4 Å². The van der Waals surface area contributed by atoms with Crippen LogP contribution in [-0.4, -0.2) is 24.6 Å². The second kappa shape index (κ2) is 7.32. The molecule has 8 heteroatoms. The number of halogens is 2. The lowest BCUT2D eigenvalue weighted by Crippen LogP contribution is -2.03. The van der Waals surface area contributed by atoms with Gasteiger partial charge >= 0.3 is 0 Å². The van der Waals surface area contributed by atoms with E-state index in [0.29, 0.717) is 28.8 Å². The van der Waals surface area contributed by atoms with Gasteiger partial charge < -0.3 is 5.32 Å². The lowest BCUT2D eigenvalue weighted by atomic mass is 10.1. The average Bonchev–Trinajstić information content (AvgIpc) is 3.22. The molecular weight excluding hydrogens is 386 g/mol. The number of hydrogen-bond donors (Lipinski definition) is 1. The fraction of sp³-hybridized carbons (Fsp3) is 0. The smallest absolute Gasteiger partial charge is 0.255 e. The van der Waals surface area contributed by atoms with Crippen molar-refractivity contribution in [2.75, 3.05) is 5.32 Å². The Morgan fingerprint density at radius 1 is 0.800 bits per heavy atom. The van der Waals surface area contributed by atoms with E-state index in [1.165, 1.54) is 10.6 Å². The van der Waals surface area contributed by atoms with Crippen molar-refractivity contribution in [3.63, 3.8) is 0 Å². The molecule has 0 unspecified atom stereocenters. The molecule has 0 aliphatic heterocycles. The Hall–Kier alpha value is -4.20. The molecular formula is C22H14F2N6. The number of hydrogen-bond acceptors (Lipinski definition) is 5. The lowest BCUT2D eigenvalue weighted by Gasteiger charge is -2.10. The van der Waals surface area contributed by atoms with Gasteiger partial charge in [-0.2, -0.15) is 9.50 Å². The van der Waals surface area contributed by atoms with E-state index in [4.69, 9.17) is 0 Å². The molecule has 5 aromatic rings. The number of fused-ring (bicyclic) bond motifs is 1. The van der Waals surface area contributed by atoms with Crippen LogP contribution in [0.5, 0.6) is 0 Å². The Morgan fingerprint density at radius 2 is 1.63 bits per heavy atom. The highest BCUT2D eigenvalue weighted by Gasteiger charge is 2.14. The van der Waals surface area contributed by atoms with Gasteiger partial charge in [0.1, 0.15) is 5.82 Å². The third-order valence-corrected chi connectivity index (χ3v) is 4.49. The average molecular weight is 400 g/mol. The van der Waals surface area contributed by atoms with Gasteiger partial charge in [0, 0.05) is 41.3 Å². The zero-order chi connectivity index (χ0) is 20.5. The van der Waals surface area contributed by atoms with Gasteiger partial charge in [-0.25, -0.2) is 13.8 Å². The summed E-state index contributed by atoms with van der Waals surface area (Å²) in [4.78, 5) is 13.3. The first-order valence-electron chi connectivity index (χ1n) is 9.13. The summed E-state index contributed by atoms with van der Waals surface area (Å²) in [6.45, 7) is 0. The highest BCUT2D eigenvalue weighted by molar-refractivity contribution is 5.69. The normalized spacial score (nSPS) is 11.0. The van der Waals surface area contributed by atoms with E-state index >= 15 is 0 Å². The van der Waals surface area contributed by atoms with Crippen molar-refractivity contribution in [2.24, 2.45) is 0 Å². The zero-order valence-electron chi connectivity index (χ0n) is 15.5. The maximum absolute atomic E-state index is 13.7. The molecule has 1 N–H and O–H groups in total. The molecule has 0 amide bonds. The summed E-state index contributed by atoms with van der Waals surface area (Å²) < 4.78 is 28.5. The Morgan fingerprint density at radius 3 is 2.40 bits per heavy atom. The largest absolute Gasteiger partial charge is 0.340 e. The number of benzene rings is 2. The second-order valence-corrected chi connectivity index (χ2v) is 6.54. The lowest BCUT2D eigenvalue weighted by molar-refractivity contribution is 0.509. The predicted octanol–water partition coefficient (Wildman–Crippen LogP) is 4.88. The number of nitrogens with one attached hydrogen (secondary N) is 1. The molecule has 0 atom stereocenters. The van der Waals surface area contributed by atoms with E-state index < -0.39 is 11.6 Å². The third kappa shape index (κ3) is 3.35. The number of rotatable bonds is 4. The van der Waals surface area contributed by atoms with Gasteiger partial charge in [-0.05, 0) is 24.3 Å². The van der Waals surface area contributed by atoms with Crippen LogP contribution in [0.3, 0.4) is 0 Å². The van der Waals surface area contributed by atoms with Crippen LogP contribution in [0.4, 0.5) is 20.3 Å². The van der Waals surface area contributed by atoms with Crippen LogP contribution in [0.1, 0.15) is 0 Å². The Bertz CT molecular complexity index is 1340. The summed E-state index contributed by atoms with van der Waals surface area (Å²) in [5.41, 5.74) is 2.67. The number of aromatic nitrogens is 5. The van der Waals surface area contributed by atoms with Crippen LogP contribution in [0.2, 0.25) is 0 Å². The summed E-state index contributed by atoms with van der Waals surface area (Å²) in [5.74, 6) is -0.532. The predicted molar refractivity (Wildman–Crippen MR) is 109 cm³/mol. The van der Waals surface area contributed by atoms with E-state index in [9.17, 15) is 8.78 Å². The summed E-state index contributed by atoms with van der Waals surface area (Å²) >= 11 is 0. The van der Waals surface area contributed by atoms with Crippen molar-refractivity contribution < 1.29 is 8.78 Å². The van der Waals surface area contributed by atoms with Crippen molar-refractivity contribution in [3.8, 4) is 22.6 Å². The molecule has 0 spiro atoms. The highest BCUT2D eigenvalue weighted by atomic mass is 19.2. The molecule has 30 heavy (non-hydrogen) atoms. The van der Waals surface area contributed by atoms with Crippen LogP contribution in [0.15, 0.2) is 79.1 Å². The van der Waals surface area contributed by atoms with E-state index in [0.717, 1.165) is 23.3 Å². The first-order chi connectivity index (χ1) is 14.7. The van der Waals surface area contributed by atoms with Crippen molar-refractivity contribution in [1.29, 1.82) is 0 Å². The van der Waals surface area contributed by atoms with Gasteiger partial charge in [-0.1, -0.05) is 30.3 Å². The van der Waals surface area contributed by atoms with E-state index in [1.54, 1.807) is 24.5 Å². The Balaban J connectivity index is 1.67. The van der Waals surface area contributed by atoms with Crippen molar-refractivity contribution in [2.45, 2.75) is 0 Å². The van der Waals surface area contributed by atoms with E-state index in [-0.39, 0.29) is 0 Å². The molecule has 146 valence electrons. The van der Waals surface area contributed by atoms with Gasteiger partial charge in [0.05, 0.1) is 5.69 Å². The molecule has 0 bridgehead atoms. The third-order valence-electron chi connectivity index (χ3n) is 4.49. The Labute approximate surface area is 169 Å². The quantitative estimate of drug-likeness (QED) is 0.466. The number of pyridine rings is 1. The van der Waals surface area contributed by atoms with Crippen LogP contribution in [0, 0.1) is 11.6 Å². The number of nitrogens with zero attached hydrogens (tertiary/aromatic N) is 5. The topological polar surface area (TPSA) is 68.0 Å². The van der Waals surface area contributed by atoms with Gasteiger partial charge in [0.25, 0.3) is 5.78 Å². The molecule has 0 aliphatic rings. The molecule has 0 aliphatic carbocycles. The minimum Gasteiger partial charge on any atom is -0.340 e. The van der Waals surface area contributed by atoms with Gasteiger partial charge in [-0.3, -0.25) is 4.98 Å². The van der Waals surface area contributed by atoms with Crippen molar-refractivity contribution in [1.82, 2.24) is 24.6 Å². The fourth-order valence-corrected chi connectivity index (χ4v) is 3.05. The minimum atomic E-state index is -0.941. The van der Waals surface area contributed by atoms with Crippen LogP contribution < -0.4 is 5.32 Å². The van der Waals surface area contributed by atoms with Gasteiger partial charge in [0.15, 0.2) is 17.5 Å². The summed E-state index contributed by atoms with van der Waals surface area (Å²) in [6, 6.07) is 18.6. The molecule has 0 fully saturated rings. The van der Waals surface area contributed by atoms with Crippen molar-refractivity contribution >= 4 is 17.3 Å². The van der Waals surface area contributed by atoms with Crippen LogP contribution >= 0.6 is 0 Å². The maximum Gasteiger partial charge on any atom is 0.255 e. The zero-order valence-corrected chi connectivity index (χ0v) is 15.5. The molecule has 5 rings (SSSR count). The molecule has 0 saturated heterocycles. The molecule has 3 aromatic heterocycles. The second-order valence-electron chi connectivity index (χ2n) is 6.54. The number of anilines is 2. The first kappa shape index (κ1) is 17.9. The molecule has 3 heterocycles. The minimum absolute atomic E-state index is 0.361. The summed E-state index contributed by atoms with van der Waals surface area (Å²) in [6.07, 6.45) is 3.33. The summed E-state index contributed by atoms with van der Waals surface area (Å²) in [7, 11) is 0. The highest BCUT2D eigenvalue weighted by Crippen LogP contribution is 2.26. The molecule has 0 radical (unpaired) electrons. The van der Waals surface area contributed by atoms with Crippen molar-refractivity contribution in [3.05, 3.63) is 90.8 Å². The van der Waals surface area contributed by atoms with Gasteiger partial charge in [0.2, 0.25) is 0 Å².